The summed E-state index contributed by atoms with van der Waals surface area (Å²) in [6.45, 7) is 1.63. The molecule has 22 heavy (non-hydrogen) atoms. The molecule has 2 heterocycles. The van der Waals surface area contributed by atoms with Crippen molar-refractivity contribution in [2.24, 2.45) is 7.05 Å². The average Bonchev–Trinajstić information content (AvgIpc) is 2.74. The normalized spacial score (nSPS) is 12.8. The average molecular weight is 313 g/mol. The van der Waals surface area contributed by atoms with E-state index in [9.17, 15) is 18.0 Å². The van der Waals surface area contributed by atoms with E-state index in [0.717, 1.165) is 0 Å². The number of aryl methyl sites for hydroxylation is 2. The van der Waals surface area contributed by atoms with Crippen LogP contribution in [0.25, 0.3) is 0 Å². The molecule has 0 fully saturated rings. The number of halogens is 3. The number of aromatic nitrogens is 3. The van der Waals surface area contributed by atoms with E-state index in [4.69, 9.17) is 0 Å². The van der Waals surface area contributed by atoms with Gasteiger partial charge in [0.15, 0.2) is 6.04 Å². The van der Waals surface area contributed by atoms with Gasteiger partial charge in [0.25, 0.3) is 0 Å². The molecule has 2 rings (SSSR count). The Kier molecular flexibility index (Phi) is 4.34. The Hall–Kier alpha value is -2.58. The maximum absolute atomic E-state index is 13.1. The fourth-order valence-corrected chi connectivity index (χ4v) is 1.88. The number of pyridine rings is 1. The Labute approximate surface area is 124 Å². The standard InChI is InChI=1S/C13H14F3N5O/c1-8-10(7-21(2)20-8)18-12(22)19-11(13(14,15)16)9-5-3-4-6-17-9/h3-7,11H,1-2H3,(H2,18,19,22)/t11-/m0/s1. The quantitative estimate of drug-likeness (QED) is 0.915. The third kappa shape index (κ3) is 3.74. The predicted octanol–water partition coefficient (Wildman–Crippen LogP) is 2.55. The van der Waals surface area contributed by atoms with Gasteiger partial charge in [-0.2, -0.15) is 18.3 Å². The van der Waals surface area contributed by atoms with Gasteiger partial charge in [0.1, 0.15) is 0 Å². The molecule has 0 radical (unpaired) electrons. The van der Waals surface area contributed by atoms with Gasteiger partial charge in [0.05, 0.1) is 17.1 Å². The van der Waals surface area contributed by atoms with Gasteiger partial charge in [-0.1, -0.05) is 6.07 Å². The van der Waals surface area contributed by atoms with Gasteiger partial charge in [-0.15, -0.1) is 0 Å². The Morgan fingerprint density at radius 3 is 2.59 bits per heavy atom. The zero-order valence-electron chi connectivity index (χ0n) is 11.8. The van der Waals surface area contributed by atoms with Gasteiger partial charge in [0.2, 0.25) is 0 Å². The number of urea groups is 1. The van der Waals surface area contributed by atoms with Crippen molar-refractivity contribution in [3.8, 4) is 0 Å². The van der Waals surface area contributed by atoms with Crippen molar-refractivity contribution in [2.75, 3.05) is 5.32 Å². The first kappa shape index (κ1) is 15.8. The van der Waals surface area contributed by atoms with Crippen LogP contribution in [0.3, 0.4) is 0 Å². The summed E-state index contributed by atoms with van der Waals surface area (Å²) in [6.07, 6.45) is -1.92. The summed E-state index contributed by atoms with van der Waals surface area (Å²) in [5, 5.41) is 8.22. The summed E-state index contributed by atoms with van der Waals surface area (Å²) in [4.78, 5) is 15.5. The molecule has 2 amide bonds. The number of hydrogen-bond donors (Lipinski definition) is 2. The predicted molar refractivity (Wildman–Crippen MR) is 73.1 cm³/mol. The molecule has 0 aromatic carbocycles. The minimum atomic E-state index is -4.66. The molecule has 0 spiro atoms. The number of rotatable bonds is 3. The van der Waals surface area contributed by atoms with Crippen molar-refractivity contribution in [3.05, 3.63) is 42.0 Å². The molecule has 0 bridgehead atoms. The van der Waals surface area contributed by atoms with Gasteiger partial charge in [-0.25, -0.2) is 4.79 Å². The van der Waals surface area contributed by atoms with Gasteiger partial charge in [-0.05, 0) is 19.1 Å². The number of amides is 2. The Bertz CT molecular complexity index is 653. The lowest BCUT2D eigenvalue weighted by atomic mass is 10.2. The largest absolute Gasteiger partial charge is 0.414 e. The van der Waals surface area contributed by atoms with E-state index in [1.165, 1.54) is 35.3 Å². The second-order valence-corrected chi connectivity index (χ2v) is 4.63. The van der Waals surface area contributed by atoms with E-state index < -0.39 is 18.2 Å². The van der Waals surface area contributed by atoms with Crippen LogP contribution >= 0.6 is 0 Å². The maximum Gasteiger partial charge on any atom is 0.414 e. The second kappa shape index (κ2) is 6.04. The van der Waals surface area contributed by atoms with Crippen molar-refractivity contribution in [1.82, 2.24) is 20.1 Å². The summed E-state index contributed by atoms with van der Waals surface area (Å²) in [7, 11) is 1.64. The fraction of sp³-hybridized carbons (Fsp3) is 0.308. The second-order valence-electron chi connectivity index (χ2n) is 4.63. The SMILES string of the molecule is Cc1nn(C)cc1NC(=O)N[C@@H](c1ccccn1)C(F)(F)F. The van der Waals surface area contributed by atoms with Crippen LogP contribution in [0, 0.1) is 6.92 Å². The summed E-state index contributed by atoms with van der Waals surface area (Å²) in [5.41, 5.74) is 0.550. The van der Waals surface area contributed by atoms with E-state index in [1.807, 2.05) is 5.32 Å². The molecule has 0 aliphatic carbocycles. The van der Waals surface area contributed by atoms with Crippen LogP contribution in [0.4, 0.5) is 23.7 Å². The highest BCUT2D eigenvalue weighted by molar-refractivity contribution is 5.90. The summed E-state index contributed by atoms with van der Waals surface area (Å²) in [6, 6.07) is 0.949. The zero-order valence-corrected chi connectivity index (χ0v) is 11.8. The molecular formula is C13H14F3N5O. The monoisotopic (exact) mass is 313 g/mol. The van der Waals surface area contributed by atoms with Crippen molar-refractivity contribution in [1.29, 1.82) is 0 Å². The molecule has 0 saturated carbocycles. The molecule has 2 aromatic rings. The van der Waals surface area contributed by atoms with Gasteiger partial charge < -0.3 is 10.6 Å². The highest BCUT2D eigenvalue weighted by atomic mass is 19.4. The fourth-order valence-electron chi connectivity index (χ4n) is 1.88. The highest BCUT2D eigenvalue weighted by Gasteiger charge is 2.42. The number of anilines is 1. The van der Waals surface area contributed by atoms with Crippen LogP contribution in [-0.4, -0.2) is 27.0 Å². The lowest BCUT2D eigenvalue weighted by molar-refractivity contribution is -0.155. The molecule has 1 atom stereocenters. The van der Waals surface area contributed by atoms with Gasteiger partial charge in [0, 0.05) is 19.4 Å². The summed E-state index contributed by atoms with van der Waals surface area (Å²) in [5.74, 6) is 0. The van der Waals surface area contributed by atoms with Gasteiger partial charge >= 0.3 is 12.2 Å². The first-order chi connectivity index (χ1) is 10.3. The topological polar surface area (TPSA) is 71.8 Å². The molecule has 6 nitrogen and oxygen atoms in total. The lowest BCUT2D eigenvalue weighted by Gasteiger charge is -2.21. The minimum Gasteiger partial charge on any atom is -0.321 e. The molecule has 0 aliphatic rings. The Balaban J connectivity index is 2.14. The van der Waals surface area contributed by atoms with E-state index in [1.54, 1.807) is 14.0 Å². The molecular weight excluding hydrogens is 299 g/mol. The number of carbonyl (C=O) groups is 1. The molecule has 9 heteroatoms. The lowest BCUT2D eigenvalue weighted by Crippen LogP contribution is -2.40. The van der Waals surface area contributed by atoms with Crippen LogP contribution in [0.1, 0.15) is 17.4 Å². The summed E-state index contributed by atoms with van der Waals surface area (Å²) >= 11 is 0. The first-order valence-electron chi connectivity index (χ1n) is 6.33. The smallest absolute Gasteiger partial charge is 0.321 e. The zero-order chi connectivity index (χ0) is 16.3. The van der Waals surface area contributed by atoms with E-state index in [-0.39, 0.29) is 5.69 Å². The van der Waals surface area contributed by atoms with E-state index in [0.29, 0.717) is 11.4 Å². The van der Waals surface area contributed by atoms with Crippen LogP contribution in [0.5, 0.6) is 0 Å². The van der Waals surface area contributed by atoms with Crippen molar-refractivity contribution >= 4 is 11.7 Å². The third-order valence-corrected chi connectivity index (χ3v) is 2.85. The number of carbonyl (C=O) groups excluding carboxylic acids is 1. The van der Waals surface area contributed by atoms with Gasteiger partial charge in [-0.3, -0.25) is 9.67 Å². The van der Waals surface area contributed by atoms with Crippen LogP contribution in [0.2, 0.25) is 0 Å². The summed E-state index contributed by atoms with van der Waals surface area (Å²) < 4.78 is 40.7. The number of hydrogen-bond acceptors (Lipinski definition) is 3. The molecule has 2 N–H and O–H groups in total. The Morgan fingerprint density at radius 2 is 2.09 bits per heavy atom. The Morgan fingerprint density at radius 1 is 1.36 bits per heavy atom. The minimum absolute atomic E-state index is 0.284. The molecule has 2 aromatic heterocycles. The third-order valence-electron chi connectivity index (χ3n) is 2.85. The number of nitrogens with zero attached hydrogens (tertiary/aromatic N) is 3. The molecule has 0 unspecified atom stereocenters. The first-order valence-corrected chi connectivity index (χ1v) is 6.33. The van der Waals surface area contributed by atoms with E-state index in [2.05, 4.69) is 15.4 Å². The van der Waals surface area contributed by atoms with Crippen LogP contribution < -0.4 is 10.6 Å². The number of alkyl halides is 3. The van der Waals surface area contributed by atoms with Crippen molar-refractivity contribution in [2.45, 2.75) is 19.1 Å². The maximum atomic E-state index is 13.1. The number of nitrogens with one attached hydrogen (secondary N) is 2. The molecule has 0 saturated heterocycles. The molecule has 0 aliphatic heterocycles. The highest BCUT2D eigenvalue weighted by Crippen LogP contribution is 2.31. The van der Waals surface area contributed by atoms with Crippen LogP contribution in [0.15, 0.2) is 30.6 Å². The molecule has 118 valence electrons. The van der Waals surface area contributed by atoms with Crippen molar-refractivity contribution < 1.29 is 18.0 Å². The van der Waals surface area contributed by atoms with Crippen LogP contribution in [-0.2, 0) is 7.05 Å². The van der Waals surface area contributed by atoms with E-state index >= 15 is 0 Å². The van der Waals surface area contributed by atoms with Crippen molar-refractivity contribution in [3.63, 3.8) is 0 Å².